The third kappa shape index (κ3) is 7.53. The lowest BCUT2D eigenvalue weighted by Crippen LogP contribution is -2.48. The molecule has 1 aromatic carbocycles. The van der Waals surface area contributed by atoms with Crippen molar-refractivity contribution >= 4 is 45.9 Å². The Hall–Kier alpha value is -5.97. The number of halogens is 2. The van der Waals surface area contributed by atoms with Crippen LogP contribution < -0.4 is 21.2 Å². The number of benzene rings is 1. The molecule has 4 aromatic heterocycles. The van der Waals surface area contributed by atoms with Gasteiger partial charge in [-0.05, 0) is 62.6 Å². The van der Waals surface area contributed by atoms with Crippen molar-refractivity contribution in [3.05, 3.63) is 70.2 Å². The Kier molecular flexibility index (Phi) is 10.6. The highest BCUT2D eigenvalue weighted by atomic mass is 19.3. The quantitative estimate of drug-likeness (QED) is 0.165. The highest BCUT2D eigenvalue weighted by Gasteiger charge is 2.40. The second-order valence-electron chi connectivity index (χ2n) is 17.2. The van der Waals surface area contributed by atoms with E-state index in [4.69, 9.17) is 9.72 Å². The number of ether oxygens (including phenoxy) is 1. The van der Waals surface area contributed by atoms with Crippen molar-refractivity contribution in [3.63, 3.8) is 0 Å². The Labute approximate surface area is 355 Å². The van der Waals surface area contributed by atoms with Gasteiger partial charge in [-0.15, -0.1) is 0 Å². The van der Waals surface area contributed by atoms with Crippen LogP contribution >= 0.6 is 0 Å². The summed E-state index contributed by atoms with van der Waals surface area (Å²) in [6, 6.07) is 6.83. The van der Waals surface area contributed by atoms with Crippen LogP contribution in [-0.4, -0.2) is 126 Å². The normalized spacial score (nSPS) is 24.6. The number of piperazine rings is 1. The fourth-order valence-corrected chi connectivity index (χ4v) is 10.0. The predicted octanol–water partition coefficient (Wildman–Crippen LogP) is 3.12. The number of anilines is 2. The van der Waals surface area contributed by atoms with Crippen LogP contribution in [0.4, 0.5) is 20.3 Å². The topological polar surface area (TPSA) is 169 Å². The maximum atomic E-state index is 14.3. The van der Waals surface area contributed by atoms with Crippen LogP contribution in [-0.2, 0) is 21.4 Å². The molecule has 10 rings (SSSR count). The number of nitrogens with one attached hydrogen (secondary N) is 2. The molecule has 3 amide bonds. The number of amides is 3. The Bertz CT molecular complexity index is 2680. The average molecular weight is 851 g/mol. The van der Waals surface area contributed by atoms with Gasteiger partial charge in [-0.1, -0.05) is 17.9 Å². The number of hydrogen-bond acceptors (Lipinski definition) is 11. The number of carbonyl (C=O) groups excluding carboxylic acids is 3. The van der Waals surface area contributed by atoms with Gasteiger partial charge in [0.15, 0.2) is 11.3 Å². The minimum Gasteiger partial charge on any atom is -0.374 e. The Morgan fingerprint density at radius 3 is 2.58 bits per heavy atom. The summed E-state index contributed by atoms with van der Waals surface area (Å²) in [7, 11) is 1.68. The van der Waals surface area contributed by atoms with Gasteiger partial charge in [-0.25, -0.2) is 23.1 Å². The van der Waals surface area contributed by atoms with Gasteiger partial charge in [0.2, 0.25) is 11.8 Å². The first-order valence-corrected chi connectivity index (χ1v) is 21.5. The van der Waals surface area contributed by atoms with E-state index in [2.05, 4.69) is 47.4 Å². The molecule has 2 N–H and O–H groups in total. The first-order chi connectivity index (χ1) is 30.1. The van der Waals surface area contributed by atoms with Crippen molar-refractivity contribution in [1.82, 2.24) is 48.6 Å². The molecule has 19 heteroatoms. The summed E-state index contributed by atoms with van der Waals surface area (Å²) in [4.78, 5) is 62.9. The molecule has 3 atom stereocenters. The number of alkyl halides is 2. The second-order valence-corrected chi connectivity index (χ2v) is 17.2. The molecule has 1 aliphatic carbocycles. The van der Waals surface area contributed by atoms with Gasteiger partial charge in [-0.3, -0.25) is 38.4 Å². The molecule has 17 nitrogen and oxygen atoms in total. The maximum absolute atomic E-state index is 14.3. The highest BCUT2D eigenvalue weighted by molar-refractivity contribution is 6.08. The standard InChI is InChI=1S/C43H48F2N12O5/c1-51-38-27(4-2-6-33(38)57(43(51)61)34-11-12-36(58)49-42(34)60)5-3-14-52-16-18-53(19-17-52)22-26-7-9-28(10-8-26)56-24-32(37(50-56)39(44)45)47-41(59)31-21-46-55-15-13-35(48-40(31)55)54-23-30-20-29(54)25-62-30/h2,4,6,13,15,21,24,26,28-30,34,39H,7-12,14,16-20,22-23,25H2,1H3,(H,47,59)(H,49,58,60)/t26?,28?,29-,30-,34-/m1/s1. The number of para-hydroxylation sites is 1. The van der Waals surface area contributed by atoms with Crippen LogP contribution in [0.2, 0.25) is 0 Å². The van der Waals surface area contributed by atoms with Crippen LogP contribution in [0.25, 0.3) is 16.7 Å². The third-order valence-corrected chi connectivity index (χ3v) is 13.3. The molecule has 8 heterocycles. The lowest BCUT2D eigenvalue weighted by Gasteiger charge is -2.37. The fraction of sp³-hybridized carbons (Fsp3) is 0.512. The summed E-state index contributed by atoms with van der Waals surface area (Å²) >= 11 is 0. The zero-order valence-electron chi connectivity index (χ0n) is 34.4. The van der Waals surface area contributed by atoms with Gasteiger partial charge in [-0.2, -0.15) is 10.2 Å². The van der Waals surface area contributed by atoms with Crippen molar-refractivity contribution in [2.45, 2.75) is 75.6 Å². The van der Waals surface area contributed by atoms with Gasteiger partial charge in [0.25, 0.3) is 12.3 Å². The number of carbonyl (C=O) groups is 3. The van der Waals surface area contributed by atoms with Crippen LogP contribution in [0.15, 0.2) is 47.7 Å². The fourth-order valence-electron chi connectivity index (χ4n) is 10.0. The van der Waals surface area contributed by atoms with E-state index >= 15 is 0 Å². The van der Waals surface area contributed by atoms with E-state index in [0.29, 0.717) is 41.3 Å². The lowest BCUT2D eigenvalue weighted by atomic mass is 9.85. The molecule has 324 valence electrons. The molecule has 0 spiro atoms. The number of fused-ring (bicyclic) bond motifs is 4. The zero-order valence-corrected chi connectivity index (χ0v) is 34.4. The second kappa shape index (κ2) is 16.4. The molecular formula is C43H48F2N12O5. The van der Waals surface area contributed by atoms with Gasteiger partial charge < -0.3 is 19.9 Å². The van der Waals surface area contributed by atoms with Crippen molar-refractivity contribution in [2.75, 3.05) is 62.6 Å². The summed E-state index contributed by atoms with van der Waals surface area (Å²) in [5.74, 6) is 6.41. The van der Waals surface area contributed by atoms with Gasteiger partial charge in [0.05, 0.1) is 59.8 Å². The first-order valence-electron chi connectivity index (χ1n) is 21.5. The maximum Gasteiger partial charge on any atom is 0.329 e. The van der Waals surface area contributed by atoms with Crippen molar-refractivity contribution in [2.24, 2.45) is 13.0 Å². The van der Waals surface area contributed by atoms with E-state index in [1.54, 1.807) is 17.9 Å². The van der Waals surface area contributed by atoms with E-state index in [-0.39, 0.29) is 53.9 Å². The van der Waals surface area contributed by atoms with Gasteiger partial charge in [0.1, 0.15) is 17.4 Å². The van der Waals surface area contributed by atoms with Crippen LogP contribution in [0.3, 0.4) is 0 Å². The predicted molar refractivity (Wildman–Crippen MR) is 223 cm³/mol. The summed E-state index contributed by atoms with van der Waals surface area (Å²) in [6.07, 6.45) is 6.91. The molecule has 0 unspecified atom stereocenters. The Morgan fingerprint density at radius 2 is 1.84 bits per heavy atom. The monoisotopic (exact) mass is 850 g/mol. The number of aryl methyl sites for hydroxylation is 1. The number of hydrogen-bond donors (Lipinski definition) is 2. The van der Waals surface area contributed by atoms with Crippen LogP contribution in [0, 0.1) is 17.8 Å². The molecule has 5 aromatic rings. The SMILES string of the molecule is Cn1c(=O)n([C@@H]2CCC(=O)NC2=O)c2cccc(C#CCN3CCN(CC4CCC(n5cc(NC(=O)c6cnn7ccc(N8C[C@H]9C[C@@H]8CO9)nc67)c(C(F)F)n5)CC4)CC3)c21. The van der Waals surface area contributed by atoms with E-state index < -0.39 is 30.0 Å². The molecule has 0 radical (unpaired) electrons. The minimum atomic E-state index is -2.86. The molecule has 4 saturated heterocycles. The highest BCUT2D eigenvalue weighted by Crippen LogP contribution is 2.36. The Morgan fingerprint density at radius 1 is 1.03 bits per heavy atom. The van der Waals surface area contributed by atoms with Crippen LogP contribution in [0.1, 0.15) is 85.1 Å². The first kappa shape index (κ1) is 40.1. The number of morpholine rings is 1. The van der Waals surface area contributed by atoms with Crippen molar-refractivity contribution in [1.29, 1.82) is 0 Å². The molecule has 2 bridgehead atoms. The number of piperidine rings is 1. The largest absolute Gasteiger partial charge is 0.374 e. The summed E-state index contributed by atoms with van der Waals surface area (Å²) in [6.45, 7) is 6.50. The third-order valence-electron chi connectivity index (χ3n) is 13.3. The zero-order chi connectivity index (χ0) is 42.6. The van der Waals surface area contributed by atoms with E-state index in [9.17, 15) is 28.0 Å². The Balaban J connectivity index is 0.718. The number of aromatic nitrogens is 7. The number of imidazole rings is 1. The van der Waals surface area contributed by atoms with Crippen molar-refractivity contribution < 1.29 is 27.9 Å². The van der Waals surface area contributed by atoms with E-state index in [0.717, 1.165) is 77.2 Å². The van der Waals surface area contributed by atoms with Crippen LogP contribution in [0.5, 0.6) is 0 Å². The molecule has 1 saturated carbocycles. The molecule has 62 heavy (non-hydrogen) atoms. The minimum absolute atomic E-state index is 0.00858. The smallest absolute Gasteiger partial charge is 0.329 e. The number of imide groups is 1. The van der Waals surface area contributed by atoms with Gasteiger partial charge in [0, 0.05) is 65.1 Å². The summed E-state index contributed by atoms with van der Waals surface area (Å²) in [5, 5.41) is 13.6. The van der Waals surface area contributed by atoms with E-state index in [1.807, 2.05) is 24.3 Å². The molecule has 5 aliphatic rings. The van der Waals surface area contributed by atoms with Gasteiger partial charge >= 0.3 is 5.69 Å². The molecular weight excluding hydrogens is 803 g/mol. The summed E-state index contributed by atoms with van der Waals surface area (Å²) < 4.78 is 40.4. The lowest BCUT2D eigenvalue weighted by molar-refractivity contribution is -0.135. The summed E-state index contributed by atoms with van der Waals surface area (Å²) in [5.41, 5.74) is 1.75. The molecule has 4 aliphatic heterocycles. The molecule has 5 fully saturated rings. The van der Waals surface area contributed by atoms with E-state index in [1.165, 1.54) is 26.0 Å². The average Bonchev–Trinajstić information content (AvgIpc) is 4.12. The number of rotatable bonds is 9. The van der Waals surface area contributed by atoms with Crippen molar-refractivity contribution in [3.8, 4) is 11.8 Å². The number of nitrogens with zero attached hydrogens (tertiary/aromatic N) is 10.